The minimum atomic E-state index is -0.218. The highest BCUT2D eigenvalue weighted by molar-refractivity contribution is 7.07. The van der Waals surface area contributed by atoms with E-state index in [1.807, 2.05) is 61.1 Å². The maximum Gasteiger partial charge on any atom is 0.295 e. The fourth-order valence-corrected chi connectivity index (χ4v) is 3.31. The first-order valence-corrected chi connectivity index (χ1v) is 8.67. The summed E-state index contributed by atoms with van der Waals surface area (Å²) in [4.78, 5) is 24.9. The fraction of sp³-hybridized carbons (Fsp3) is 0.222. The molecule has 0 aliphatic heterocycles. The van der Waals surface area contributed by atoms with E-state index in [1.54, 1.807) is 20.7 Å². The molecule has 1 N–H and O–H groups in total. The Morgan fingerprint density at radius 1 is 1.21 bits per heavy atom. The summed E-state index contributed by atoms with van der Waals surface area (Å²) in [7, 11) is 1.81. The van der Waals surface area contributed by atoms with Crippen LogP contribution in [-0.2, 0) is 18.3 Å². The molecule has 6 heteroatoms. The first-order valence-electron chi connectivity index (χ1n) is 7.73. The molecule has 2 aromatic heterocycles. The second-order valence-electron chi connectivity index (χ2n) is 5.62. The molecule has 3 rings (SSSR count). The van der Waals surface area contributed by atoms with Crippen LogP contribution in [0.1, 0.15) is 17.7 Å². The van der Waals surface area contributed by atoms with Gasteiger partial charge >= 0.3 is 0 Å². The van der Waals surface area contributed by atoms with Crippen LogP contribution in [0, 0.1) is 6.92 Å². The summed E-state index contributed by atoms with van der Waals surface area (Å²) in [6, 6.07) is 11.4. The molecule has 5 nitrogen and oxygen atoms in total. The lowest BCUT2D eigenvalue weighted by molar-refractivity contribution is -0.116. The summed E-state index contributed by atoms with van der Waals surface area (Å²) < 4.78 is 3.32. The van der Waals surface area contributed by atoms with Gasteiger partial charge in [-0.15, -0.1) is 0 Å². The second kappa shape index (κ2) is 6.88. The van der Waals surface area contributed by atoms with Gasteiger partial charge in [0.2, 0.25) is 5.91 Å². The van der Waals surface area contributed by atoms with E-state index in [-0.39, 0.29) is 11.5 Å². The summed E-state index contributed by atoms with van der Waals surface area (Å²) in [5, 5.41) is 6.81. The van der Waals surface area contributed by atoms with Gasteiger partial charge in [-0.25, -0.2) is 4.68 Å². The van der Waals surface area contributed by atoms with Gasteiger partial charge in [-0.3, -0.25) is 14.3 Å². The first kappa shape index (κ1) is 16.3. The Balaban J connectivity index is 1.81. The zero-order chi connectivity index (χ0) is 17.1. The maximum atomic E-state index is 12.7. The Kier molecular flexibility index (Phi) is 4.66. The van der Waals surface area contributed by atoms with Gasteiger partial charge in [0.25, 0.3) is 5.56 Å². The Labute approximate surface area is 144 Å². The molecule has 0 saturated heterocycles. The molecule has 0 spiro atoms. The number of hydrogen-bond acceptors (Lipinski definition) is 3. The van der Waals surface area contributed by atoms with Gasteiger partial charge in [0.15, 0.2) is 0 Å². The van der Waals surface area contributed by atoms with Crippen LogP contribution < -0.4 is 10.9 Å². The number of aryl methyl sites for hydroxylation is 1. The van der Waals surface area contributed by atoms with Gasteiger partial charge in [0, 0.05) is 13.5 Å². The molecule has 2 heterocycles. The van der Waals surface area contributed by atoms with Crippen LogP contribution in [0.5, 0.6) is 0 Å². The van der Waals surface area contributed by atoms with Crippen LogP contribution in [0.15, 0.2) is 52.0 Å². The van der Waals surface area contributed by atoms with E-state index in [4.69, 9.17) is 0 Å². The van der Waals surface area contributed by atoms with E-state index in [0.717, 1.165) is 16.9 Å². The number of thiophene rings is 1. The van der Waals surface area contributed by atoms with Gasteiger partial charge in [-0.2, -0.15) is 11.3 Å². The number of aromatic nitrogens is 2. The predicted octanol–water partition coefficient (Wildman–Crippen LogP) is 3.12. The summed E-state index contributed by atoms with van der Waals surface area (Å²) in [5.41, 5.74) is 2.77. The lowest BCUT2D eigenvalue weighted by Gasteiger charge is -2.07. The van der Waals surface area contributed by atoms with Crippen molar-refractivity contribution in [1.29, 1.82) is 0 Å². The predicted molar refractivity (Wildman–Crippen MR) is 97.0 cm³/mol. The first-order chi connectivity index (χ1) is 11.6. The van der Waals surface area contributed by atoms with E-state index >= 15 is 0 Å². The normalized spacial score (nSPS) is 10.8. The van der Waals surface area contributed by atoms with Gasteiger partial charge in [-0.1, -0.05) is 18.2 Å². The fourth-order valence-electron chi connectivity index (χ4n) is 2.61. The molecule has 1 amide bonds. The van der Waals surface area contributed by atoms with Crippen LogP contribution >= 0.6 is 11.3 Å². The Bertz CT molecular complexity index is 892. The number of hydrogen-bond donors (Lipinski definition) is 1. The molecule has 1 aromatic carbocycles. The number of para-hydroxylation sites is 1. The average molecular weight is 341 g/mol. The second-order valence-corrected chi connectivity index (χ2v) is 6.40. The standard InChI is InChI=1S/C18H19N3O2S/c1-13-17(19-16(22)9-8-14-10-11-24-12-14)18(23)21(20(13)2)15-6-4-3-5-7-15/h3-7,10-12H,8-9H2,1-2H3,(H,19,22). The number of carbonyl (C=O) groups excluding carboxylic acids is 1. The zero-order valence-electron chi connectivity index (χ0n) is 13.7. The highest BCUT2D eigenvalue weighted by Crippen LogP contribution is 2.15. The number of rotatable bonds is 5. The smallest absolute Gasteiger partial charge is 0.295 e. The molecular formula is C18H19N3O2S. The van der Waals surface area contributed by atoms with Crippen molar-refractivity contribution in [2.75, 3.05) is 5.32 Å². The highest BCUT2D eigenvalue weighted by Gasteiger charge is 2.17. The van der Waals surface area contributed by atoms with Crippen LogP contribution in [0.4, 0.5) is 5.69 Å². The molecule has 0 fully saturated rings. The van der Waals surface area contributed by atoms with Crippen molar-refractivity contribution >= 4 is 22.9 Å². The third kappa shape index (κ3) is 3.19. The molecule has 0 aliphatic carbocycles. The molecule has 0 bridgehead atoms. The maximum absolute atomic E-state index is 12.7. The quantitative estimate of drug-likeness (QED) is 0.775. The number of carbonyl (C=O) groups is 1. The SMILES string of the molecule is Cc1c(NC(=O)CCc2ccsc2)c(=O)n(-c2ccccc2)n1C. The van der Waals surface area contributed by atoms with E-state index in [9.17, 15) is 9.59 Å². The molecule has 3 aromatic rings. The molecule has 0 unspecified atom stereocenters. The van der Waals surface area contributed by atoms with Crippen molar-refractivity contribution in [3.63, 3.8) is 0 Å². The van der Waals surface area contributed by atoms with Crippen LogP contribution in [0.2, 0.25) is 0 Å². The average Bonchev–Trinajstić information content (AvgIpc) is 3.17. The molecule has 24 heavy (non-hydrogen) atoms. The van der Waals surface area contributed by atoms with Crippen LogP contribution in [0.25, 0.3) is 5.69 Å². The van der Waals surface area contributed by atoms with Crippen LogP contribution in [0.3, 0.4) is 0 Å². The van der Waals surface area contributed by atoms with E-state index in [0.29, 0.717) is 18.5 Å². The Morgan fingerprint density at radius 2 is 1.96 bits per heavy atom. The minimum absolute atomic E-state index is 0.146. The van der Waals surface area contributed by atoms with Crippen molar-refractivity contribution in [3.05, 3.63) is 68.8 Å². The van der Waals surface area contributed by atoms with Crippen molar-refractivity contribution in [3.8, 4) is 5.69 Å². The van der Waals surface area contributed by atoms with Crippen molar-refractivity contribution in [1.82, 2.24) is 9.36 Å². The number of benzene rings is 1. The van der Waals surface area contributed by atoms with Crippen molar-refractivity contribution < 1.29 is 4.79 Å². The lowest BCUT2D eigenvalue weighted by Crippen LogP contribution is -2.23. The molecule has 0 atom stereocenters. The van der Waals surface area contributed by atoms with Gasteiger partial charge in [0.05, 0.1) is 11.4 Å². The summed E-state index contributed by atoms with van der Waals surface area (Å²) in [5.74, 6) is -0.146. The van der Waals surface area contributed by atoms with E-state index < -0.39 is 0 Å². The van der Waals surface area contributed by atoms with Crippen molar-refractivity contribution in [2.45, 2.75) is 19.8 Å². The van der Waals surface area contributed by atoms with Gasteiger partial charge in [-0.05, 0) is 47.9 Å². The largest absolute Gasteiger partial charge is 0.320 e. The third-order valence-corrected chi connectivity index (χ3v) is 4.77. The zero-order valence-corrected chi connectivity index (χ0v) is 14.5. The summed E-state index contributed by atoms with van der Waals surface area (Å²) in [6.07, 6.45) is 1.03. The van der Waals surface area contributed by atoms with Gasteiger partial charge in [0.1, 0.15) is 5.69 Å². The van der Waals surface area contributed by atoms with Gasteiger partial charge < -0.3 is 5.32 Å². The molecule has 0 saturated carbocycles. The number of nitrogens with one attached hydrogen (secondary N) is 1. The number of nitrogens with zero attached hydrogens (tertiary/aromatic N) is 2. The number of amides is 1. The van der Waals surface area contributed by atoms with Crippen LogP contribution in [-0.4, -0.2) is 15.3 Å². The van der Waals surface area contributed by atoms with E-state index in [2.05, 4.69) is 5.32 Å². The minimum Gasteiger partial charge on any atom is -0.320 e. The molecule has 124 valence electrons. The van der Waals surface area contributed by atoms with E-state index in [1.165, 1.54) is 0 Å². The molecule has 0 aliphatic rings. The molecular weight excluding hydrogens is 322 g/mol. The summed E-state index contributed by atoms with van der Waals surface area (Å²) >= 11 is 1.61. The van der Waals surface area contributed by atoms with Crippen molar-refractivity contribution in [2.24, 2.45) is 7.05 Å². The monoisotopic (exact) mass is 341 g/mol. The highest BCUT2D eigenvalue weighted by atomic mass is 32.1. The molecule has 0 radical (unpaired) electrons. The Hall–Kier alpha value is -2.60. The Morgan fingerprint density at radius 3 is 2.62 bits per heavy atom. The summed E-state index contributed by atoms with van der Waals surface area (Å²) in [6.45, 7) is 1.83. The third-order valence-electron chi connectivity index (χ3n) is 4.04. The topological polar surface area (TPSA) is 56.0 Å². The lowest BCUT2D eigenvalue weighted by atomic mass is 10.2. The number of anilines is 1.